The van der Waals surface area contributed by atoms with Crippen LogP contribution in [-0.4, -0.2) is 22.4 Å². The summed E-state index contributed by atoms with van der Waals surface area (Å²) in [4.78, 5) is 38.3. The van der Waals surface area contributed by atoms with Crippen molar-refractivity contribution < 1.29 is 14.4 Å². The second kappa shape index (κ2) is 9.60. The minimum Gasteiger partial charge on any atom is -0.321 e. The van der Waals surface area contributed by atoms with Crippen LogP contribution in [0.25, 0.3) is 10.9 Å². The van der Waals surface area contributed by atoms with E-state index in [1.54, 1.807) is 48.5 Å². The molecular formula is C24H18Br2N4O3. The van der Waals surface area contributed by atoms with Crippen molar-refractivity contribution in [3.8, 4) is 0 Å². The molecule has 7 nitrogen and oxygen atoms in total. The number of rotatable bonds is 4. The average molecular weight is 570 g/mol. The minimum absolute atomic E-state index is 0.174. The molecule has 0 aliphatic heterocycles. The fourth-order valence-electron chi connectivity index (χ4n) is 3.30. The van der Waals surface area contributed by atoms with Crippen LogP contribution in [0.1, 0.15) is 16.1 Å². The maximum Gasteiger partial charge on any atom is 0.328 e. The maximum absolute atomic E-state index is 13.1. The largest absolute Gasteiger partial charge is 0.328 e. The summed E-state index contributed by atoms with van der Waals surface area (Å²) >= 11 is 6.74. The lowest BCUT2D eigenvalue weighted by atomic mass is 10.2. The molecule has 0 saturated heterocycles. The minimum atomic E-state index is -0.917. The summed E-state index contributed by atoms with van der Waals surface area (Å²) in [7, 11) is 0. The van der Waals surface area contributed by atoms with Gasteiger partial charge in [-0.05, 0) is 67.1 Å². The SMILES string of the molecule is Cc1cccc(NC(=O)c2cc3cc(Br)ccc3n2NC(=O)C(=O)Nc2cccc(Br)c2)c1. The fourth-order valence-corrected chi connectivity index (χ4v) is 4.08. The molecule has 4 rings (SSSR count). The first-order valence-corrected chi connectivity index (χ1v) is 11.5. The Morgan fingerprint density at radius 3 is 2.18 bits per heavy atom. The van der Waals surface area contributed by atoms with Crippen molar-refractivity contribution in [2.45, 2.75) is 6.92 Å². The smallest absolute Gasteiger partial charge is 0.321 e. The number of aryl methyl sites for hydroxylation is 1. The summed E-state index contributed by atoms with van der Waals surface area (Å²) in [5.41, 5.74) is 5.36. The molecule has 0 unspecified atom stereocenters. The molecule has 0 atom stereocenters. The summed E-state index contributed by atoms with van der Waals surface area (Å²) in [5, 5.41) is 6.09. The van der Waals surface area contributed by atoms with Gasteiger partial charge in [0.25, 0.3) is 5.91 Å². The third-order valence-corrected chi connectivity index (χ3v) is 5.76. The predicted molar refractivity (Wildman–Crippen MR) is 136 cm³/mol. The third-order valence-electron chi connectivity index (χ3n) is 4.77. The lowest BCUT2D eigenvalue weighted by Gasteiger charge is -2.13. The molecule has 0 fully saturated rings. The van der Waals surface area contributed by atoms with Crippen molar-refractivity contribution in [1.29, 1.82) is 0 Å². The summed E-state index contributed by atoms with van der Waals surface area (Å²) in [6.45, 7) is 1.92. The number of amides is 3. The van der Waals surface area contributed by atoms with Gasteiger partial charge in [0, 0.05) is 25.7 Å². The Kier molecular flexibility index (Phi) is 6.62. The summed E-state index contributed by atoms with van der Waals surface area (Å²) in [5.74, 6) is -2.21. The zero-order valence-corrected chi connectivity index (χ0v) is 20.5. The van der Waals surface area contributed by atoms with E-state index >= 15 is 0 Å². The summed E-state index contributed by atoms with van der Waals surface area (Å²) in [6, 6.07) is 21.3. The van der Waals surface area contributed by atoms with Crippen LogP contribution in [0, 0.1) is 6.92 Å². The number of carbonyl (C=O) groups is 3. The highest BCUT2D eigenvalue weighted by atomic mass is 79.9. The Bertz CT molecular complexity index is 1400. The standard InChI is InChI=1S/C24H18Br2N4O3/c1-14-4-2-6-18(10-14)27-22(31)21-12-15-11-17(26)8-9-20(15)30(21)29-24(33)23(32)28-19-7-3-5-16(25)13-19/h2-13H,1H3,(H,27,31)(H,28,32)(H,29,33). The van der Waals surface area contributed by atoms with Crippen molar-refractivity contribution >= 4 is 71.9 Å². The van der Waals surface area contributed by atoms with Gasteiger partial charge in [0.2, 0.25) is 0 Å². The molecule has 3 aromatic carbocycles. The monoisotopic (exact) mass is 568 g/mol. The van der Waals surface area contributed by atoms with Crippen molar-refractivity contribution in [2.75, 3.05) is 16.1 Å². The number of nitrogens with one attached hydrogen (secondary N) is 3. The normalized spacial score (nSPS) is 10.6. The molecule has 0 radical (unpaired) electrons. The highest BCUT2D eigenvalue weighted by molar-refractivity contribution is 9.10. The van der Waals surface area contributed by atoms with Crippen LogP contribution in [-0.2, 0) is 9.59 Å². The highest BCUT2D eigenvalue weighted by Gasteiger charge is 2.21. The Morgan fingerprint density at radius 1 is 0.758 bits per heavy atom. The van der Waals surface area contributed by atoms with Crippen molar-refractivity contribution in [3.05, 3.63) is 93.0 Å². The van der Waals surface area contributed by atoms with E-state index in [1.165, 1.54) is 4.68 Å². The van der Waals surface area contributed by atoms with E-state index in [-0.39, 0.29) is 5.69 Å². The van der Waals surface area contributed by atoms with Crippen LogP contribution in [0.4, 0.5) is 11.4 Å². The van der Waals surface area contributed by atoms with Gasteiger partial charge in [-0.3, -0.25) is 19.8 Å². The number of carbonyl (C=O) groups excluding carboxylic acids is 3. The number of halogens is 2. The summed E-state index contributed by atoms with van der Waals surface area (Å²) < 4.78 is 2.89. The van der Waals surface area contributed by atoms with E-state index in [0.29, 0.717) is 22.3 Å². The molecule has 0 bridgehead atoms. The molecule has 3 amide bonds. The first-order valence-electron chi connectivity index (χ1n) is 9.87. The van der Waals surface area contributed by atoms with Gasteiger partial charge < -0.3 is 10.6 Å². The van der Waals surface area contributed by atoms with Crippen molar-refractivity contribution in [3.63, 3.8) is 0 Å². The molecule has 3 N–H and O–H groups in total. The van der Waals surface area contributed by atoms with Gasteiger partial charge in [0.1, 0.15) is 5.69 Å². The van der Waals surface area contributed by atoms with E-state index in [1.807, 2.05) is 31.2 Å². The third kappa shape index (κ3) is 5.32. The van der Waals surface area contributed by atoms with Gasteiger partial charge in [-0.1, -0.05) is 50.1 Å². The van der Waals surface area contributed by atoms with Gasteiger partial charge in [-0.15, -0.1) is 0 Å². The second-order valence-corrected chi connectivity index (χ2v) is 9.13. The number of benzene rings is 3. The number of fused-ring (bicyclic) bond motifs is 1. The molecule has 0 saturated carbocycles. The predicted octanol–water partition coefficient (Wildman–Crippen LogP) is 5.44. The first kappa shape index (κ1) is 22.8. The fraction of sp³-hybridized carbons (Fsp3) is 0.0417. The van der Waals surface area contributed by atoms with E-state index in [2.05, 4.69) is 47.9 Å². The van der Waals surface area contributed by atoms with E-state index < -0.39 is 17.7 Å². The Balaban J connectivity index is 1.63. The topological polar surface area (TPSA) is 92.2 Å². The van der Waals surface area contributed by atoms with Crippen LogP contribution >= 0.6 is 31.9 Å². The molecule has 1 aromatic heterocycles. The number of nitrogens with zero attached hydrogens (tertiary/aromatic N) is 1. The lowest BCUT2D eigenvalue weighted by Crippen LogP contribution is -2.36. The van der Waals surface area contributed by atoms with Gasteiger partial charge in [-0.25, -0.2) is 4.68 Å². The highest BCUT2D eigenvalue weighted by Crippen LogP contribution is 2.24. The van der Waals surface area contributed by atoms with Crippen molar-refractivity contribution in [2.24, 2.45) is 0 Å². The molecule has 4 aromatic rings. The quantitative estimate of drug-likeness (QED) is 0.286. The Morgan fingerprint density at radius 2 is 1.45 bits per heavy atom. The van der Waals surface area contributed by atoms with E-state index in [0.717, 1.165) is 14.5 Å². The molecule has 166 valence electrons. The average Bonchev–Trinajstić information content (AvgIpc) is 3.11. The molecule has 0 spiro atoms. The second-order valence-electron chi connectivity index (χ2n) is 7.30. The van der Waals surface area contributed by atoms with E-state index in [4.69, 9.17) is 0 Å². The number of hydrogen-bond acceptors (Lipinski definition) is 3. The molecule has 9 heteroatoms. The molecule has 0 aliphatic rings. The number of hydrogen-bond donors (Lipinski definition) is 3. The van der Waals surface area contributed by atoms with Crippen LogP contribution < -0.4 is 16.1 Å². The Hall–Kier alpha value is -3.43. The van der Waals surface area contributed by atoms with Crippen LogP contribution in [0.2, 0.25) is 0 Å². The molecule has 33 heavy (non-hydrogen) atoms. The van der Waals surface area contributed by atoms with Gasteiger partial charge in [-0.2, -0.15) is 0 Å². The van der Waals surface area contributed by atoms with Gasteiger partial charge in [0.15, 0.2) is 0 Å². The number of anilines is 2. The zero-order valence-electron chi connectivity index (χ0n) is 17.4. The zero-order chi connectivity index (χ0) is 23.5. The lowest BCUT2D eigenvalue weighted by molar-refractivity contribution is -0.133. The molecule has 0 aliphatic carbocycles. The maximum atomic E-state index is 13.1. The number of aromatic nitrogens is 1. The van der Waals surface area contributed by atoms with Gasteiger partial charge >= 0.3 is 11.8 Å². The Labute approximate surface area is 206 Å². The molecular weight excluding hydrogens is 552 g/mol. The van der Waals surface area contributed by atoms with E-state index in [9.17, 15) is 14.4 Å². The first-order chi connectivity index (χ1) is 15.8. The summed E-state index contributed by atoms with van der Waals surface area (Å²) in [6.07, 6.45) is 0. The van der Waals surface area contributed by atoms with Gasteiger partial charge in [0.05, 0.1) is 5.52 Å². The molecule has 1 heterocycles. The van der Waals surface area contributed by atoms with Crippen LogP contribution in [0.15, 0.2) is 81.7 Å². The van der Waals surface area contributed by atoms with Crippen LogP contribution in [0.3, 0.4) is 0 Å². The van der Waals surface area contributed by atoms with Crippen LogP contribution in [0.5, 0.6) is 0 Å². The van der Waals surface area contributed by atoms with Crippen molar-refractivity contribution in [1.82, 2.24) is 4.68 Å².